The Kier molecular flexibility index (Phi) is 8.08. The summed E-state index contributed by atoms with van der Waals surface area (Å²) in [6.07, 6.45) is 3.40. The zero-order valence-electron chi connectivity index (χ0n) is 17.6. The molecule has 2 aromatic carbocycles. The van der Waals surface area contributed by atoms with E-state index in [0.29, 0.717) is 19.2 Å². The van der Waals surface area contributed by atoms with Crippen LogP contribution in [0.15, 0.2) is 54.6 Å². The van der Waals surface area contributed by atoms with Crippen LogP contribution in [0.4, 0.5) is 5.69 Å². The molecule has 5 heteroatoms. The van der Waals surface area contributed by atoms with Crippen LogP contribution in [0.25, 0.3) is 0 Å². The van der Waals surface area contributed by atoms with Crippen molar-refractivity contribution in [3.05, 3.63) is 60.2 Å². The van der Waals surface area contributed by atoms with Crippen molar-refractivity contribution >= 4 is 11.6 Å². The molecular weight excluding hydrogens is 362 g/mol. The first-order valence-corrected chi connectivity index (χ1v) is 10.6. The van der Waals surface area contributed by atoms with E-state index in [4.69, 9.17) is 4.74 Å². The highest BCUT2D eigenvalue weighted by atomic mass is 16.5. The first kappa shape index (κ1) is 21.3. The first-order valence-electron chi connectivity index (χ1n) is 10.6. The van der Waals surface area contributed by atoms with Crippen LogP contribution in [-0.2, 0) is 11.3 Å². The van der Waals surface area contributed by atoms with Crippen LogP contribution in [-0.4, -0.2) is 55.0 Å². The summed E-state index contributed by atoms with van der Waals surface area (Å²) in [5, 5.41) is 3.00. The molecular formula is C24H33N3O2. The summed E-state index contributed by atoms with van der Waals surface area (Å²) < 4.78 is 5.44. The molecule has 0 bridgehead atoms. The van der Waals surface area contributed by atoms with Gasteiger partial charge in [0.05, 0.1) is 13.2 Å². The van der Waals surface area contributed by atoms with E-state index >= 15 is 0 Å². The van der Waals surface area contributed by atoms with Gasteiger partial charge in [0.2, 0.25) is 5.91 Å². The van der Waals surface area contributed by atoms with E-state index in [2.05, 4.69) is 52.5 Å². The Morgan fingerprint density at radius 2 is 1.86 bits per heavy atom. The van der Waals surface area contributed by atoms with E-state index in [1.165, 1.54) is 12.0 Å². The maximum absolute atomic E-state index is 12.5. The number of carbonyl (C=O) groups is 1. The van der Waals surface area contributed by atoms with Gasteiger partial charge in [-0.15, -0.1) is 0 Å². The molecule has 2 aromatic rings. The number of nitrogens with zero attached hydrogens (tertiary/aromatic N) is 2. The third-order valence-electron chi connectivity index (χ3n) is 5.50. The zero-order valence-corrected chi connectivity index (χ0v) is 17.6. The van der Waals surface area contributed by atoms with Gasteiger partial charge in [0.25, 0.3) is 0 Å². The van der Waals surface area contributed by atoms with E-state index < -0.39 is 0 Å². The third-order valence-corrected chi connectivity index (χ3v) is 5.50. The van der Waals surface area contributed by atoms with Gasteiger partial charge in [0.15, 0.2) is 0 Å². The Labute approximate surface area is 174 Å². The standard InChI is InChI=1S/C24H33N3O2/c1-3-29-23-13-11-21(12-14-23)25-24(28)19-27-16-7-10-22(15-17-27)26(2)18-20-8-5-4-6-9-20/h4-6,8-9,11-14,22H,3,7,10,15-19H2,1-2H3,(H,25,28)/t22-/m1/s1. The molecule has 0 aliphatic carbocycles. The van der Waals surface area contributed by atoms with Gasteiger partial charge < -0.3 is 10.1 Å². The molecule has 0 saturated carbocycles. The number of hydrogen-bond acceptors (Lipinski definition) is 4. The lowest BCUT2D eigenvalue weighted by Crippen LogP contribution is -2.35. The number of ether oxygens (including phenoxy) is 1. The summed E-state index contributed by atoms with van der Waals surface area (Å²) in [7, 11) is 2.21. The van der Waals surface area contributed by atoms with E-state index in [1.54, 1.807) is 0 Å². The highest BCUT2D eigenvalue weighted by Crippen LogP contribution is 2.19. The average molecular weight is 396 g/mol. The van der Waals surface area contributed by atoms with E-state index in [0.717, 1.165) is 43.9 Å². The predicted octanol–water partition coefficient (Wildman–Crippen LogP) is 4.01. The minimum Gasteiger partial charge on any atom is -0.494 e. The van der Waals surface area contributed by atoms with Crippen molar-refractivity contribution in [2.45, 2.75) is 38.8 Å². The molecule has 1 fully saturated rings. The van der Waals surface area contributed by atoms with Gasteiger partial charge in [0, 0.05) is 24.8 Å². The monoisotopic (exact) mass is 395 g/mol. The number of benzene rings is 2. The molecule has 29 heavy (non-hydrogen) atoms. The molecule has 5 nitrogen and oxygen atoms in total. The van der Waals surface area contributed by atoms with Crippen LogP contribution in [0.1, 0.15) is 31.7 Å². The maximum Gasteiger partial charge on any atom is 0.238 e. The fourth-order valence-electron chi connectivity index (χ4n) is 3.94. The lowest BCUT2D eigenvalue weighted by atomic mass is 10.1. The molecule has 3 rings (SSSR count). The number of nitrogens with one attached hydrogen (secondary N) is 1. The minimum atomic E-state index is 0.0465. The second kappa shape index (κ2) is 11.0. The van der Waals surface area contributed by atoms with E-state index in [1.807, 2.05) is 31.2 Å². The SMILES string of the molecule is CCOc1ccc(NC(=O)CN2CCC[C@@H](N(C)Cc3ccccc3)CC2)cc1. The normalized spacial score (nSPS) is 17.7. The summed E-state index contributed by atoms with van der Waals surface area (Å²) in [4.78, 5) is 17.2. The number of anilines is 1. The van der Waals surface area contributed by atoms with E-state index in [-0.39, 0.29) is 5.91 Å². The molecule has 156 valence electrons. The van der Waals surface area contributed by atoms with Crippen LogP contribution < -0.4 is 10.1 Å². The summed E-state index contributed by atoms with van der Waals surface area (Å²) in [6, 6.07) is 18.7. The molecule has 0 spiro atoms. The van der Waals surface area contributed by atoms with Gasteiger partial charge in [-0.2, -0.15) is 0 Å². The van der Waals surface area contributed by atoms with E-state index in [9.17, 15) is 4.79 Å². The third kappa shape index (κ3) is 6.87. The molecule has 0 radical (unpaired) electrons. The van der Waals surface area contributed by atoms with Crippen molar-refractivity contribution in [2.24, 2.45) is 0 Å². The smallest absolute Gasteiger partial charge is 0.238 e. The van der Waals surface area contributed by atoms with Gasteiger partial charge in [0.1, 0.15) is 5.75 Å². The molecule has 1 atom stereocenters. The van der Waals surface area contributed by atoms with Crippen LogP contribution in [0.3, 0.4) is 0 Å². The topological polar surface area (TPSA) is 44.8 Å². The highest BCUT2D eigenvalue weighted by molar-refractivity contribution is 5.92. The Morgan fingerprint density at radius 3 is 2.59 bits per heavy atom. The van der Waals surface area contributed by atoms with Crippen LogP contribution in [0.5, 0.6) is 5.75 Å². The molecule has 0 aromatic heterocycles. The predicted molar refractivity (Wildman–Crippen MR) is 118 cm³/mol. The minimum absolute atomic E-state index is 0.0465. The second-order valence-electron chi connectivity index (χ2n) is 7.77. The van der Waals surface area contributed by atoms with Gasteiger partial charge in [-0.05, 0) is 69.6 Å². The van der Waals surface area contributed by atoms with Gasteiger partial charge in [-0.3, -0.25) is 14.6 Å². The van der Waals surface area contributed by atoms with Crippen molar-refractivity contribution < 1.29 is 9.53 Å². The number of hydrogen-bond donors (Lipinski definition) is 1. The molecule has 0 unspecified atom stereocenters. The molecule has 1 N–H and O–H groups in total. The van der Waals surface area contributed by atoms with Crippen molar-refractivity contribution in [1.82, 2.24) is 9.80 Å². The van der Waals surface area contributed by atoms with Crippen LogP contribution >= 0.6 is 0 Å². The maximum atomic E-state index is 12.5. The Bertz CT molecular complexity index is 748. The summed E-state index contributed by atoms with van der Waals surface area (Å²) in [5.74, 6) is 0.869. The number of amides is 1. The van der Waals surface area contributed by atoms with Crippen molar-refractivity contribution in [2.75, 3.05) is 38.6 Å². The van der Waals surface area contributed by atoms with Crippen molar-refractivity contribution in [3.63, 3.8) is 0 Å². The largest absolute Gasteiger partial charge is 0.494 e. The summed E-state index contributed by atoms with van der Waals surface area (Å²) >= 11 is 0. The fourth-order valence-corrected chi connectivity index (χ4v) is 3.94. The highest BCUT2D eigenvalue weighted by Gasteiger charge is 2.21. The van der Waals surface area contributed by atoms with Crippen molar-refractivity contribution in [1.29, 1.82) is 0 Å². The number of carbonyl (C=O) groups excluding carboxylic acids is 1. The van der Waals surface area contributed by atoms with Gasteiger partial charge in [-0.1, -0.05) is 30.3 Å². The van der Waals surface area contributed by atoms with Gasteiger partial charge >= 0.3 is 0 Å². The lowest BCUT2D eigenvalue weighted by Gasteiger charge is -2.27. The number of likely N-dealkylation sites (tertiary alicyclic amines) is 1. The average Bonchev–Trinajstić information content (AvgIpc) is 2.96. The lowest BCUT2D eigenvalue weighted by molar-refractivity contribution is -0.117. The zero-order chi connectivity index (χ0) is 20.5. The second-order valence-corrected chi connectivity index (χ2v) is 7.77. The molecule has 1 aliphatic heterocycles. The molecule has 1 aliphatic rings. The summed E-state index contributed by atoms with van der Waals surface area (Å²) in [5.41, 5.74) is 2.17. The van der Waals surface area contributed by atoms with Gasteiger partial charge in [-0.25, -0.2) is 0 Å². The Morgan fingerprint density at radius 1 is 1.10 bits per heavy atom. The number of rotatable bonds is 8. The van der Waals surface area contributed by atoms with Crippen molar-refractivity contribution in [3.8, 4) is 5.75 Å². The molecule has 1 saturated heterocycles. The molecule has 1 amide bonds. The molecule has 1 heterocycles. The fraction of sp³-hybridized carbons (Fsp3) is 0.458. The van der Waals surface area contributed by atoms with Crippen LogP contribution in [0, 0.1) is 0 Å². The quantitative estimate of drug-likeness (QED) is 0.734. The first-order chi connectivity index (χ1) is 14.1. The Balaban J connectivity index is 1.44. The Hall–Kier alpha value is -2.37. The van der Waals surface area contributed by atoms with Crippen LogP contribution in [0.2, 0.25) is 0 Å². The summed E-state index contributed by atoms with van der Waals surface area (Å²) in [6.45, 7) is 5.96.